The van der Waals surface area contributed by atoms with Gasteiger partial charge in [0.25, 0.3) is 0 Å². The van der Waals surface area contributed by atoms with Gasteiger partial charge in [-0.15, -0.1) is 0 Å². The molecule has 128 valence electrons. The molecule has 4 nitrogen and oxygen atoms in total. The van der Waals surface area contributed by atoms with E-state index in [9.17, 15) is 9.50 Å². The molecule has 1 saturated heterocycles. The lowest BCUT2D eigenvalue weighted by Crippen LogP contribution is -2.52. The molecule has 2 fully saturated rings. The fraction of sp³-hybridized carbons (Fsp3) is 0.667. The number of rotatable bonds is 5. The summed E-state index contributed by atoms with van der Waals surface area (Å²) in [4.78, 5) is 0. The van der Waals surface area contributed by atoms with Crippen LogP contribution in [-0.4, -0.2) is 43.1 Å². The largest absolute Gasteiger partial charge is 0.488 e. The van der Waals surface area contributed by atoms with Crippen molar-refractivity contribution in [3.63, 3.8) is 0 Å². The van der Waals surface area contributed by atoms with Crippen LogP contribution in [0.5, 0.6) is 5.75 Å². The molecule has 1 aliphatic carbocycles. The number of halogens is 1. The van der Waals surface area contributed by atoms with Crippen LogP contribution in [0.2, 0.25) is 0 Å². The van der Waals surface area contributed by atoms with Crippen molar-refractivity contribution in [2.45, 2.75) is 50.4 Å². The molecule has 1 saturated carbocycles. The van der Waals surface area contributed by atoms with Gasteiger partial charge in [-0.2, -0.15) is 0 Å². The lowest BCUT2D eigenvalue weighted by molar-refractivity contribution is -0.0179. The van der Waals surface area contributed by atoms with Crippen LogP contribution in [0, 0.1) is 11.7 Å². The van der Waals surface area contributed by atoms with Gasteiger partial charge < -0.3 is 19.9 Å². The third-order valence-electron chi connectivity index (χ3n) is 4.89. The highest BCUT2D eigenvalue weighted by Gasteiger charge is 2.33. The van der Waals surface area contributed by atoms with Crippen molar-refractivity contribution in [2.24, 2.45) is 5.92 Å². The molecule has 23 heavy (non-hydrogen) atoms. The van der Waals surface area contributed by atoms with E-state index in [4.69, 9.17) is 9.47 Å². The van der Waals surface area contributed by atoms with Crippen LogP contribution in [0.3, 0.4) is 0 Å². The van der Waals surface area contributed by atoms with Crippen molar-refractivity contribution in [3.05, 3.63) is 30.1 Å². The lowest BCUT2D eigenvalue weighted by atomic mass is 9.89. The average Bonchev–Trinajstić information content (AvgIpc) is 2.57. The van der Waals surface area contributed by atoms with Crippen LogP contribution >= 0.6 is 0 Å². The molecular formula is C18H26FNO3. The van der Waals surface area contributed by atoms with Crippen LogP contribution in [0.4, 0.5) is 4.39 Å². The van der Waals surface area contributed by atoms with Crippen LogP contribution in [0.15, 0.2) is 24.3 Å². The first-order valence-corrected chi connectivity index (χ1v) is 8.64. The maximum absolute atomic E-state index is 13.3. The van der Waals surface area contributed by atoms with E-state index in [1.165, 1.54) is 12.1 Å². The summed E-state index contributed by atoms with van der Waals surface area (Å²) in [6.07, 6.45) is 4.07. The molecule has 1 heterocycles. The molecule has 0 aromatic heterocycles. The van der Waals surface area contributed by atoms with Crippen molar-refractivity contribution in [2.75, 3.05) is 19.8 Å². The zero-order chi connectivity index (χ0) is 16.1. The standard InChI is InChI=1S/C18H26FNO3/c19-14-3-1-4-15(11-14)23-17-6-2-5-16(18(17)21)20-12-13-7-9-22-10-8-13/h1,3-4,11,13,16-18,20-21H,2,5-10,12H2/t16-,17+,18+/m0/s1. The smallest absolute Gasteiger partial charge is 0.126 e. The topological polar surface area (TPSA) is 50.7 Å². The molecule has 0 bridgehead atoms. The van der Waals surface area contributed by atoms with Gasteiger partial charge in [0.05, 0.1) is 0 Å². The Hall–Kier alpha value is -1.17. The van der Waals surface area contributed by atoms with Crippen LogP contribution < -0.4 is 10.1 Å². The highest BCUT2D eigenvalue weighted by Crippen LogP contribution is 2.25. The monoisotopic (exact) mass is 323 g/mol. The minimum Gasteiger partial charge on any atom is -0.488 e. The van der Waals surface area contributed by atoms with Gasteiger partial charge >= 0.3 is 0 Å². The number of ether oxygens (including phenoxy) is 2. The second-order valence-electron chi connectivity index (χ2n) is 6.61. The van der Waals surface area contributed by atoms with Crippen LogP contribution in [-0.2, 0) is 4.74 Å². The Bertz CT molecular complexity index is 493. The van der Waals surface area contributed by atoms with Gasteiger partial charge in [0.1, 0.15) is 23.8 Å². The number of aliphatic hydroxyl groups is 1. The molecule has 0 spiro atoms. The maximum Gasteiger partial charge on any atom is 0.126 e. The molecule has 2 aliphatic rings. The first-order chi connectivity index (χ1) is 11.2. The van der Waals surface area contributed by atoms with E-state index in [1.807, 2.05) is 0 Å². The Kier molecular flexibility index (Phi) is 5.86. The number of hydrogen-bond acceptors (Lipinski definition) is 4. The third kappa shape index (κ3) is 4.66. The maximum atomic E-state index is 13.3. The van der Waals surface area contributed by atoms with Crippen molar-refractivity contribution in [1.29, 1.82) is 0 Å². The summed E-state index contributed by atoms with van der Waals surface area (Å²) in [5.74, 6) is 0.793. The second kappa shape index (κ2) is 8.08. The fourth-order valence-corrected chi connectivity index (χ4v) is 3.47. The molecule has 3 atom stereocenters. The van der Waals surface area contributed by atoms with E-state index in [1.54, 1.807) is 12.1 Å². The average molecular weight is 323 g/mol. The molecule has 1 aliphatic heterocycles. The van der Waals surface area contributed by atoms with E-state index in [2.05, 4.69) is 5.32 Å². The number of hydrogen-bond donors (Lipinski definition) is 2. The van der Waals surface area contributed by atoms with Gasteiger partial charge in [-0.1, -0.05) is 6.07 Å². The summed E-state index contributed by atoms with van der Waals surface area (Å²) in [5, 5.41) is 14.1. The molecule has 0 amide bonds. The summed E-state index contributed by atoms with van der Waals surface area (Å²) in [6, 6.07) is 6.16. The first kappa shape index (κ1) is 16.7. The summed E-state index contributed by atoms with van der Waals surface area (Å²) in [7, 11) is 0. The van der Waals surface area contributed by atoms with Crippen molar-refractivity contribution >= 4 is 0 Å². The highest BCUT2D eigenvalue weighted by atomic mass is 19.1. The molecule has 2 N–H and O–H groups in total. The first-order valence-electron chi connectivity index (χ1n) is 8.64. The van der Waals surface area contributed by atoms with Crippen LogP contribution in [0.25, 0.3) is 0 Å². The van der Waals surface area contributed by atoms with E-state index in [-0.39, 0.29) is 18.0 Å². The van der Waals surface area contributed by atoms with Crippen molar-refractivity contribution in [1.82, 2.24) is 5.32 Å². The Morgan fingerprint density at radius 2 is 2.04 bits per heavy atom. The number of benzene rings is 1. The second-order valence-corrected chi connectivity index (χ2v) is 6.61. The molecule has 3 rings (SSSR count). The van der Waals surface area contributed by atoms with E-state index in [0.717, 1.165) is 51.9 Å². The predicted molar refractivity (Wildman–Crippen MR) is 86.0 cm³/mol. The third-order valence-corrected chi connectivity index (χ3v) is 4.89. The summed E-state index contributed by atoms with van der Waals surface area (Å²) in [6.45, 7) is 2.59. The van der Waals surface area contributed by atoms with Gasteiger partial charge in [-0.05, 0) is 56.7 Å². The molecule has 5 heteroatoms. The quantitative estimate of drug-likeness (QED) is 0.874. The fourth-order valence-electron chi connectivity index (χ4n) is 3.47. The Labute approximate surface area is 137 Å². The Morgan fingerprint density at radius 3 is 2.83 bits per heavy atom. The van der Waals surface area contributed by atoms with Gasteiger partial charge in [0.15, 0.2) is 0 Å². The summed E-state index contributed by atoms with van der Waals surface area (Å²) < 4.78 is 24.5. The predicted octanol–water partition coefficient (Wildman–Crippen LogP) is 2.50. The molecule has 1 aromatic carbocycles. The lowest BCUT2D eigenvalue weighted by Gasteiger charge is -2.36. The molecular weight excluding hydrogens is 297 g/mol. The SMILES string of the molecule is O[C@@H]1[C@@H](NCC2CCOCC2)CCC[C@H]1Oc1cccc(F)c1. The molecule has 0 unspecified atom stereocenters. The van der Waals surface area contributed by atoms with Gasteiger partial charge in [0.2, 0.25) is 0 Å². The van der Waals surface area contributed by atoms with Crippen LogP contribution in [0.1, 0.15) is 32.1 Å². The van der Waals surface area contributed by atoms with E-state index < -0.39 is 6.10 Å². The normalized spacial score (nSPS) is 29.4. The summed E-state index contributed by atoms with van der Waals surface area (Å²) >= 11 is 0. The van der Waals surface area contributed by atoms with Gasteiger partial charge in [-0.25, -0.2) is 4.39 Å². The van der Waals surface area contributed by atoms with Crippen molar-refractivity contribution < 1.29 is 19.0 Å². The van der Waals surface area contributed by atoms with Gasteiger partial charge in [0, 0.05) is 25.3 Å². The van der Waals surface area contributed by atoms with Gasteiger partial charge in [-0.3, -0.25) is 0 Å². The zero-order valence-corrected chi connectivity index (χ0v) is 13.4. The number of nitrogens with one attached hydrogen (secondary N) is 1. The highest BCUT2D eigenvalue weighted by molar-refractivity contribution is 5.23. The Balaban J connectivity index is 1.52. The van der Waals surface area contributed by atoms with E-state index in [0.29, 0.717) is 11.7 Å². The molecule has 1 aromatic rings. The van der Waals surface area contributed by atoms with Crippen molar-refractivity contribution in [3.8, 4) is 5.75 Å². The molecule has 0 radical (unpaired) electrons. The van der Waals surface area contributed by atoms with E-state index >= 15 is 0 Å². The zero-order valence-electron chi connectivity index (χ0n) is 13.4. The minimum absolute atomic E-state index is 0.0464. The summed E-state index contributed by atoms with van der Waals surface area (Å²) in [5.41, 5.74) is 0. The number of aliphatic hydroxyl groups excluding tert-OH is 1. The minimum atomic E-state index is -0.563. The Morgan fingerprint density at radius 1 is 1.22 bits per heavy atom.